The molecule has 1 amide bonds. The summed E-state index contributed by atoms with van der Waals surface area (Å²) in [5, 5.41) is 0. The van der Waals surface area contributed by atoms with E-state index >= 15 is 0 Å². The normalized spacial score (nSPS) is 14.8. The number of carbonyl (C=O) groups excluding carboxylic acids is 1. The van der Waals surface area contributed by atoms with Crippen molar-refractivity contribution < 1.29 is 13.2 Å². The Kier molecular flexibility index (Phi) is 6.18. The summed E-state index contributed by atoms with van der Waals surface area (Å²) in [6.07, 6.45) is 5.13. The van der Waals surface area contributed by atoms with Gasteiger partial charge in [0, 0.05) is 31.7 Å². The molecule has 0 saturated heterocycles. The first-order chi connectivity index (χ1) is 10.9. The summed E-state index contributed by atoms with van der Waals surface area (Å²) in [5.41, 5.74) is 2.17. The molecular weight excluding hydrogens is 312 g/mol. The van der Waals surface area contributed by atoms with Crippen LogP contribution < -0.4 is 4.90 Å². The first-order valence-electron chi connectivity index (χ1n) is 8.27. The third kappa shape index (κ3) is 4.78. The highest BCUT2D eigenvalue weighted by molar-refractivity contribution is 7.88. The maximum atomic E-state index is 12.6. The number of unbranched alkanes of at least 4 members (excludes halogenated alkanes) is 1. The van der Waals surface area contributed by atoms with Crippen LogP contribution in [0, 0.1) is 0 Å². The molecular formula is C17H26N2O3S. The summed E-state index contributed by atoms with van der Waals surface area (Å²) in [6, 6.07) is 7.95. The molecule has 6 heteroatoms. The van der Waals surface area contributed by atoms with E-state index in [1.54, 1.807) is 4.90 Å². The van der Waals surface area contributed by atoms with Crippen LogP contribution in [0.5, 0.6) is 0 Å². The third-order valence-corrected chi connectivity index (χ3v) is 5.52. The molecule has 23 heavy (non-hydrogen) atoms. The van der Waals surface area contributed by atoms with Crippen LogP contribution >= 0.6 is 0 Å². The Labute approximate surface area is 139 Å². The number of rotatable bonds is 7. The van der Waals surface area contributed by atoms with Crippen LogP contribution in [-0.4, -0.2) is 44.5 Å². The Morgan fingerprint density at radius 3 is 2.70 bits per heavy atom. The van der Waals surface area contributed by atoms with E-state index in [-0.39, 0.29) is 18.9 Å². The van der Waals surface area contributed by atoms with Crippen molar-refractivity contribution in [1.29, 1.82) is 0 Å². The number of hydrogen-bond donors (Lipinski definition) is 0. The summed E-state index contributed by atoms with van der Waals surface area (Å²) in [5.74, 6) is 0.00213. The number of amides is 1. The largest absolute Gasteiger partial charge is 0.312 e. The first kappa shape index (κ1) is 17.9. The number of benzene rings is 1. The molecule has 0 saturated carbocycles. The highest BCUT2D eigenvalue weighted by atomic mass is 32.2. The molecule has 1 aromatic rings. The lowest BCUT2D eigenvalue weighted by Crippen LogP contribution is -2.39. The molecule has 1 heterocycles. The summed E-state index contributed by atoms with van der Waals surface area (Å²) in [6.45, 7) is 3.48. The number of carbonyl (C=O) groups is 1. The number of sulfonamides is 1. The van der Waals surface area contributed by atoms with Crippen molar-refractivity contribution in [2.75, 3.05) is 30.8 Å². The Hall–Kier alpha value is -1.40. The minimum atomic E-state index is -3.26. The zero-order valence-corrected chi connectivity index (χ0v) is 14.8. The van der Waals surface area contributed by atoms with Gasteiger partial charge in [-0.1, -0.05) is 31.5 Å². The molecule has 1 aromatic carbocycles. The number of anilines is 1. The number of hydrogen-bond acceptors (Lipinski definition) is 3. The van der Waals surface area contributed by atoms with E-state index in [2.05, 4.69) is 6.07 Å². The molecule has 0 bridgehead atoms. The molecule has 5 nitrogen and oxygen atoms in total. The fraction of sp³-hybridized carbons (Fsp3) is 0.588. The van der Waals surface area contributed by atoms with E-state index in [1.165, 1.54) is 16.1 Å². The second-order valence-electron chi connectivity index (χ2n) is 6.04. The van der Waals surface area contributed by atoms with Crippen LogP contribution in [-0.2, 0) is 21.2 Å². The molecule has 0 radical (unpaired) electrons. The fourth-order valence-electron chi connectivity index (χ4n) is 2.93. The lowest BCUT2D eigenvalue weighted by atomic mass is 10.0. The third-order valence-electron chi connectivity index (χ3n) is 4.22. The van der Waals surface area contributed by atoms with Gasteiger partial charge in [-0.25, -0.2) is 12.7 Å². The minimum Gasteiger partial charge on any atom is -0.312 e. The molecule has 0 N–H and O–H groups in total. The summed E-state index contributed by atoms with van der Waals surface area (Å²) < 4.78 is 25.1. The van der Waals surface area contributed by atoms with E-state index in [0.29, 0.717) is 13.1 Å². The summed E-state index contributed by atoms with van der Waals surface area (Å²) in [4.78, 5) is 14.4. The molecule has 0 atom stereocenters. The highest BCUT2D eigenvalue weighted by Gasteiger charge is 2.24. The van der Waals surface area contributed by atoms with Crippen LogP contribution in [0.25, 0.3) is 0 Å². The highest BCUT2D eigenvalue weighted by Crippen LogP contribution is 2.27. The average Bonchev–Trinajstić information content (AvgIpc) is 2.52. The van der Waals surface area contributed by atoms with E-state index in [1.807, 2.05) is 25.1 Å². The van der Waals surface area contributed by atoms with Gasteiger partial charge in [-0.05, 0) is 30.9 Å². The number of aryl methyl sites for hydroxylation is 1. The lowest BCUT2D eigenvalue weighted by Gasteiger charge is -2.30. The monoisotopic (exact) mass is 338 g/mol. The summed E-state index contributed by atoms with van der Waals surface area (Å²) in [7, 11) is -3.26. The van der Waals surface area contributed by atoms with Crippen molar-refractivity contribution in [2.45, 2.75) is 39.0 Å². The number of fused-ring (bicyclic) bond motifs is 1. The van der Waals surface area contributed by atoms with E-state index in [4.69, 9.17) is 0 Å². The van der Waals surface area contributed by atoms with Crippen molar-refractivity contribution in [2.24, 2.45) is 0 Å². The second-order valence-corrected chi connectivity index (χ2v) is 8.03. The Morgan fingerprint density at radius 1 is 1.26 bits per heavy atom. The van der Waals surface area contributed by atoms with Crippen LogP contribution in [0.3, 0.4) is 0 Å². The zero-order chi connectivity index (χ0) is 16.9. The van der Waals surface area contributed by atoms with Gasteiger partial charge >= 0.3 is 0 Å². The predicted molar refractivity (Wildman–Crippen MR) is 93.1 cm³/mol. The molecule has 0 aliphatic carbocycles. The first-order valence-corrected chi connectivity index (χ1v) is 10.1. The molecule has 0 fully saturated rings. The van der Waals surface area contributed by atoms with E-state index in [9.17, 15) is 13.2 Å². The molecule has 0 spiro atoms. The lowest BCUT2D eigenvalue weighted by molar-refractivity contribution is -0.118. The molecule has 1 aliphatic rings. The zero-order valence-electron chi connectivity index (χ0n) is 14.0. The maximum Gasteiger partial charge on any atom is 0.228 e. The van der Waals surface area contributed by atoms with Gasteiger partial charge in [0.2, 0.25) is 15.9 Å². The molecule has 0 aromatic heterocycles. The van der Waals surface area contributed by atoms with Gasteiger partial charge in [-0.3, -0.25) is 4.79 Å². The smallest absolute Gasteiger partial charge is 0.228 e. The van der Waals surface area contributed by atoms with Crippen molar-refractivity contribution in [1.82, 2.24) is 4.31 Å². The Morgan fingerprint density at radius 2 is 2.00 bits per heavy atom. The standard InChI is InChI=1S/C17H26N2O3S/c1-3-4-12-18(23(2,21)22)14-11-17(20)19-13-7-9-15-8-5-6-10-16(15)19/h5-6,8,10H,3-4,7,9,11-14H2,1-2H3. The van der Waals surface area contributed by atoms with Gasteiger partial charge in [0.05, 0.1) is 6.26 Å². The van der Waals surface area contributed by atoms with Crippen molar-refractivity contribution in [3.05, 3.63) is 29.8 Å². The second kappa shape index (κ2) is 7.93. The van der Waals surface area contributed by atoms with Crippen LogP contribution in [0.2, 0.25) is 0 Å². The predicted octanol–water partition coefficient (Wildman–Crippen LogP) is 2.42. The minimum absolute atomic E-state index is 0.00213. The molecule has 0 unspecified atom stereocenters. The van der Waals surface area contributed by atoms with Crippen molar-refractivity contribution >= 4 is 21.6 Å². The molecule has 2 rings (SSSR count). The van der Waals surface area contributed by atoms with Crippen LogP contribution in [0.15, 0.2) is 24.3 Å². The SMILES string of the molecule is CCCCN(CCC(=O)N1CCCc2ccccc21)S(C)(=O)=O. The Balaban J connectivity index is 2.02. The molecule has 1 aliphatic heterocycles. The van der Waals surface area contributed by atoms with Crippen LogP contribution in [0.1, 0.15) is 38.2 Å². The number of para-hydroxylation sites is 1. The average molecular weight is 338 g/mol. The van der Waals surface area contributed by atoms with Crippen molar-refractivity contribution in [3.8, 4) is 0 Å². The van der Waals surface area contributed by atoms with Crippen LogP contribution in [0.4, 0.5) is 5.69 Å². The fourth-order valence-corrected chi connectivity index (χ4v) is 3.81. The quantitative estimate of drug-likeness (QED) is 0.767. The van der Waals surface area contributed by atoms with Gasteiger partial charge in [0.15, 0.2) is 0 Å². The van der Waals surface area contributed by atoms with Gasteiger partial charge < -0.3 is 4.90 Å². The Bertz CT molecular complexity index is 643. The topological polar surface area (TPSA) is 57.7 Å². The van der Waals surface area contributed by atoms with Crippen molar-refractivity contribution in [3.63, 3.8) is 0 Å². The molecule has 128 valence electrons. The van der Waals surface area contributed by atoms with Gasteiger partial charge in [0.25, 0.3) is 0 Å². The van der Waals surface area contributed by atoms with Gasteiger partial charge in [0.1, 0.15) is 0 Å². The maximum absolute atomic E-state index is 12.6. The summed E-state index contributed by atoms with van der Waals surface area (Å²) >= 11 is 0. The van der Waals surface area contributed by atoms with E-state index < -0.39 is 10.0 Å². The van der Waals surface area contributed by atoms with Gasteiger partial charge in [-0.2, -0.15) is 0 Å². The van der Waals surface area contributed by atoms with E-state index in [0.717, 1.165) is 31.4 Å². The van der Waals surface area contributed by atoms with Gasteiger partial charge in [-0.15, -0.1) is 0 Å². The number of nitrogens with zero attached hydrogens (tertiary/aromatic N) is 2.